The van der Waals surface area contributed by atoms with Crippen molar-refractivity contribution in [1.29, 1.82) is 0 Å². The number of aliphatic carboxylic acids is 1. The molecule has 1 unspecified atom stereocenters. The van der Waals surface area contributed by atoms with Crippen LogP contribution in [0.15, 0.2) is 36.7 Å². The summed E-state index contributed by atoms with van der Waals surface area (Å²) in [6, 6.07) is 7.53. The van der Waals surface area contributed by atoms with E-state index >= 15 is 0 Å². The van der Waals surface area contributed by atoms with Crippen LogP contribution in [-0.2, 0) is 11.3 Å². The van der Waals surface area contributed by atoms with E-state index in [2.05, 4.69) is 10.00 Å². The number of nitrogens with zero attached hydrogens (tertiary/aromatic N) is 3. The summed E-state index contributed by atoms with van der Waals surface area (Å²) < 4.78 is 1.79. The van der Waals surface area contributed by atoms with Crippen molar-refractivity contribution in [3.63, 3.8) is 0 Å². The van der Waals surface area contributed by atoms with Crippen LogP contribution in [0.4, 0.5) is 0 Å². The Kier molecular flexibility index (Phi) is 4.45. The molecule has 1 fully saturated rings. The molecule has 22 heavy (non-hydrogen) atoms. The van der Waals surface area contributed by atoms with Crippen molar-refractivity contribution in [1.82, 2.24) is 14.7 Å². The molecule has 2 heterocycles. The first kappa shape index (κ1) is 15.1. The van der Waals surface area contributed by atoms with Gasteiger partial charge in [-0.25, -0.2) is 4.68 Å². The highest BCUT2D eigenvalue weighted by Gasteiger charge is 2.25. The lowest BCUT2D eigenvalue weighted by atomic mass is 9.98. The Morgan fingerprint density at radius 2 is 2.32 bits per heavy atom. The first-order chi connectivity index (χ1) is 10.6. The highest BCUT2D eigenvalue weighted by Crippen LogP contribution is 2.19. The van der Waals surface area contributed by atoms with E-state index in [1.165, 1.54) is 0 Å². The van der Waals surface area contributed by atoms with E-state index in [0.717, 1.165) is 37.2 Å². The van der Waals surface area contributed by atoms with E-state index in [0.29, 0.717) is 11.6 Å². The number of hydrogen-bond acceptors (Lipinski definition) is 3. The molecular weight excluding hydrogens is 302 g/mol. The Morgan fingerprint density at radius 1 is 1.45 bits per heavy atom. The summed E-state index contributed by atoms with van der Waals surface area (Å²) >= 11 is 6.00. The number of rotatable bonds is 4. The van der Waals surface area contributed by atoms with Crippen LogP contribution in [0.3, 0.4) is 0 Å². The standard InChI is InChI=1S/C16H18ClN3O2/c17-14-4-1-5-15(7-14)20-10-12(8-18-20)9-19-6-2-3-13(11-19)16(21)22/h1,4-5,7-8,10,13H,2-3,6,9,11H2,(H,21,22). The Balaban J connectivity index is 1.68. The third-order valence-corrected chi connectivity index (χ3v) is 4.20. The third-order valence-electron chi connectivity index (χ3n) is 3.97. The molecule has 1 aromatic carbocycles. The molecule has 0 aliphatic carbocycles. The first-order valence-electron chi connectivity index (χ1n) is 7.36. The van der Waals surface area contributed by atoms with Crippen molar-refractivity contribution in [2.24, 2.45) is 5.92 Å². The number of carboxylic acid groups (broad SMARTS) is 1. The van der Waals surface area contributed by atoms with Crippen LogP contribution in [-0.4, -0.2) is 38.8 Å². The maximum Gasteiger partial charge on any atom is 0.307 e. The Hall–Kier alpha value is -1.85. The van der Waals surface area contributed by atoms with Gasteiger partial charge >= 0.3 is 5.97 Å². The molecule has 1 aliphatic heterocycles. The predicted octanol–water partition coefficient (Wildman–Crippen LogP) is 2.82. The van der Waals surface area contributed by atoms with E-state index in [1.54, 1.807) is 4.68 Å². The van der Waals surface area contributed by atoms with Gasteiger partial charge in [0.25, 0.3) is 0 Å². The second kappa shape index (κ2) is 6.50. The number of halogens is 1. The lowest BCUT2D eigenvalue weighted by molar-refractivity contribution is -0.143. The molecule has 1 atom stereocenters. The summed E-state index contributed by atoms with van der Waals surface area (Å²) in [4.78, 5) is 13.3. The van der Waals surface area contributed by atoms with E-state index in [-0.39, 0.29) is 5.92 Å². The normalized spacial score (nSPS) is 19.2. The maximum absolute atomic E-state index is 11.1. The predicted molar refractivity (Wildman–Crippen MR) is 84.2 cm³/mol. The summed E-state index contributed by atoms with van der Waals surface area (Å²) in [5.74, 6) is -0.948. The molecule has 1 aromatic heterocycles. The number of piperidine rings is 1. The quantitative estimate of drug-likeness (QED) is 0.941. The molecule has 6 heteroatoms. The van der Waals surface area contributed by atoms with E-state index < -0.39 is 5.97 Å². The van der Waals surface area contributed by atoms with Gasteiger partial charge in [-0.1, -0.05) is 17.7 Å². The Labute approximate surface area is 134 Å². The molecule has 0 amide bonds. The smallest absolute Gasteiger partial charge is 0.307 e. The SMILES string of the molecule is O=C(O)C1CCCN(Cc2cnn(-c3cccc(Cl)c3)c2)C1. The van der Waals surface area contributed by atoms with Crippen LogP contribution in [0.2, 0.25) is 5.02 Å². The van der Waals surface area contributed by atoms with Gasteiger partial charge in [-0.2, -0.15) is 5.10 Å². The number of benzene rings is 1. The molecule has 1 N–H and O–H groups in total. The van der Waals surface area contributed by atoms with Crippen molar-refractivity contribution < 1.29 is 9.90 Å². The lowest BCUT2D eigenvalue weighted by Crippen LogP contribution is -2.38. The summed E-state index contributed by atoms with van der Waals surface area (Å²) in [6.45, 7) is 2.27. The second-order valence-corrected chi connectivity index (χ2v) is 6.12. The molecule has 116 valence electrons. The monoisotopic (exact) mass is 319 g/mol. The van der Waals surface area contributed by atoms with Crippen molar-refractivity contribution in [3.8, 4) is 5.69 Å². The fraction of sp³-hybridized carbons (Fsp3) is 0.375. The number of hydrogen-bond donors (Lipinski definition) is 1. The Morgan fingerprint density at radius 3 is 3.09 bits per heavy atom. The summed E-state index contributed by atoms with van der Waals surface area (Å²) in [5, 5.41) is 14.2. The Bertz CT molecular complexity index is 671. The van der Waals surface area contributed by atoms with Gasteiger partial charge in [0.1, 0.15) is 0 Å². The molecule has 1 saturated heterocycles. The highest BCUT2D eigenvalue weighted by atomic mass is 35.5. The lowest BCUT2D eigenvalue weighted by Gasteiger charge is -2.30. The van der Waals surface area contributed by atoms with Gasteiger partial charge in [0.15, 0.2) is 0 Å². The van der Waals surface area contributed by atoms with Gasteiger partial charge in [-0.15, -0.1) is 0 Å². The van der Waals surface area contributed by atoms with Crippen LogP contribution >= 0.6 is 11.6 Å². The number of likely N-dealkylation sites (tertiary alicyclic amines) is 1. The molecule has 1 aliphatic rings. The maximum atomic E-state index is 11.1. The largest absolute Gasteiger partial charge is 0.481 e. The highest BCUT2D eigenvalue weighted by molar-refractivity contribution is 6.30. The van der Waals surface area contributed by atoms with E-state index in [4.69, 9.17) is 16.7 Å². The molecule has 0 spiro atoms. The van der Waals surface area contributed by atoms with Crippen LogP contribution in [0, 0.1) is 5.92 Å². The summed E-state index contributed by atoms with van der Waals surface area (Å²) in [6.07, 6.45) is 5.49. The van der Waals surface area contributed by atoms with Crippen LogP contribution in [0.25, 0.3) is 5.69 Å². The van der Waals surface area contributed by atoms with Crippen molar-refractivity contribution in [2.45, 2.75) is 19.4 Å². The van der Waals surface area contributed by atoms with Gasteiger partial charge in [-0.3, -0.25) is 9.69 Å². The van der Waals surface area contributed by atoms with Gasteiger partial charge in [-0.05, 0) is 37.6 Å². The molecule has 2 aromatic rings. The number of aromatic nitrogens is 2. The van der Waals surface area contributed by atoms with Gasteiger partial charge in [0.2, 0.25) is 0 Å². The van der Waals surface area contributed by atoms with Gasteiger partial charge in [0.05, 0.1) is 17.8 Å². The average molecular weight is 320 g/mol. The van der Waals surface area contributed by atoms with Gasteiger partial charge < -0.3 is 5.11 Å². The first-order valence-corrected chi connectivity index (χ1v) is 7.74. The number of carbonyl (C=O) groups is 1. The minimum Gasteiger partial charge on any atom is -0.481 e. The van der Waals surface area contributed by atoms with Crippen LogP contribution < -0.4 is 0 Å². The molecule has 0 saturated carbocycles. The van der Waals surface area contributed by atoms with Crippen molar-refractivity contribution >= 4 is 17.6 Å². The van der Waals surface area contributed by atoms with Crippen molar-refractivity contribution in [2.75, 3.05) is 13.1 Å². The zero-order valence-electron chi connectivity index (χ0n) is 12.2. The minimum absolute atomic E-state index is 0.253. The summed E-state index contributed by atoms with van der Waals surface area (Å²) in [7, 11) is 0. The molecule has 3 rings (SSSR count). The molecular formula is C16H18ClN3O2. The van der Waals surface area contributed by atoms with Crippen molar-refractivity contribution in [3.05, 3.63) is 47.2 Å². The number of carboxylic acids is 1. The minimum atomic E-state index is -0.695. The van der Waals surface area contributed by atoms with Crippen LogP contribution in [0.1, 0.15) is 18.4 Å². The third kappa shape index (κ3) is 3.48. The van der Waals surface area contributed by atoms with Gasteiger partial charge in [0, 0.05) is 29.9 Å². The second-order valence-electron chi connectivity index (χ2n) is 5.69. The van der Waals surface area contributed by atoms with E-state index in [1.807, 2.05) is 36.7 Å². The topological polar surface area (TPSA) is 58.4 Å². The summed E-state index contributed by atoms with van der Waals surface area (Å²) in [5.41, 5.74) is 1.99. The average Bonchev–Trinajstić information content (AvgIpc) is 2.96. The molecule has 0 radical (unpaired) electrons. The van der Waals surface area contributed by atoms with E-state index in [9.17, 15) is 4.79 Å². The zero-order chi connectivity index (χ0) is 15.5. The fourth-order valence-corrected chi connectivity index (χ4v) is 3.05. The fourth-order valence-electron chi connectivity index (χ4n) is 2.86. The zero-order valence-corrected chi connectivity index (χ0v) is 12.9. The molecule has 0 bridgehead atoms. The van der Waals surface area contributed by atoms with Crippen LogP contribution in [0.5, 0.6) is 0 Å². The molecule has 5 nitrogen and oxygen atoms in total.